The van der Waals surface area contributed by atoms with Crippen LogP contribution in [0.2, 0.25) is 0 Å². The molecule has 2 heterocycles. The van der Waals surface area contributed by atoms with E-state index in [9.17, 15) is 4.79 Å². The van der Waals surface area contributed by atoms with Crippen molar-refractivity contribution in [3.05, 3.63) is 58.7 Å². The second-order valence-corrected chi connectivity index (χ2v) is 6.67. The third-order valence-corrected chi connectivity index (χ3v) is 4.97. The van der Waals surface area contributed by atoms with Crippen LogP contribution >= 0.6 is 0 Å². The minimum absolute atomic E-state index is 0.138. The lowest BCUT2D eigenvalue weighted by Crippen LogP contribution is -2.29. The summed E-state index contributed by atoms with van der Waals surface area (Å²) < 4.78 is 10.8. The molecule has 1 amide bonds. The smallest absolute Gasteiger partial charge is 0.254 e. The van der Waals surface area contributed by atoms with Crippen molar-refractivity contribution in [1.29, 1.82) is 0 Å². The van der Waals surface area contributed by atoms with Crippen LogP contribution in [0.4, 0.5) is 0 Å². The summed E-state index contributed by atoms with van der Waals surface area (Å²) in [5, 5.41) is 0. The molecule has 0 bridgehead atoms. The highest BCUT2D eigenvalue weighted by molar-refractivity contribution is 5.96. The molecule has 2 aromatic rings. The third kappa shape index (κ3) is 2.62. The van der Waals surface area contributed by atoms with Gasteiger partial charge in [-0.3, -0.25) is 4.79 Å². The minimum atomic E-state index is 0.138. The van der Waals surface area contributed by atoms with E-state index in [1.165, 1.54) is 5.56 Å². The second-order valence-electron chi connectivity index (χ2n) is 6.67. The van der Waals surface area contributed by atoms with Gasteiger partial charge in [-0.1, -0.05) is 23.8 Å². The van der Waals surface area contributed by atoms with Crippen molar-refractivity contribution < 1.29 is 14.3 Å². The van der Waals surface area contributed by atoms with Gasteiger partial charge in [-0.15, -0.1) is 0 Å². The molecule has 0 aliphatic carbocycles. The van der Waals surface area contributed by atoms with E-state index in [1.54, 1.807) is 0 Å². The number of fused-ring (bicyclic) bond motifs is 1. The van der Waals surface area contributed by atoms with Crippen LogP contribution in [0.1, 0.15) is 39.4 Å². The van der Waals surface area contributed by atoms with Gasteiger partial charge in [0.1, 0.15) is 0 Å². The number of likely N-dealkylation sites (tertiary alicyclic amines) is 1. The van der Waals surface area contributed by atoms with Gasteiger partial charge in [0.25, 0.3) is 5.91 Å². The van der Waals surface area contributed by atoms with Crippen LogP contribution in [0.5, 0.6) is 11.5 Å². The van der Waals surface area contributed by atoms with Crippen molar-refractivity contribution >= 4 is 5.91 Å². The molecule has 4 rings (SSSR count). The topological polar surface area (TPSA) is 38.8 Å². The van der Waals surface area contributed by atoms with Crippen molar-refractivity contribution in [2.45, 2.75) is 26.2 Å². The van der Waals surface area contributed by atoms with Crippen molar-refractivity contribution in [2.24, 2.45) is 0 Å². The number of rotatable bonds is 2. The maximum absolute atomic E-state index is 12.9. The Labute approximate surface area is 142 Å². The van der Waals surface area contributed by atoms with Crippen molar-refractivity contribution in [3.8, 4) is 11.5 Å². The second kappa shape index (κ2) is 5.86. The van der Waals surface area contributed by atoms with Crippen molar-refractivity contribution in [3.63, 3.8) is 0 Å². The Morgan fingerprint density at radius 1 is 1.08 bits per heavy atom. The van der Waals surface area contributed by atoms with Gasteiger partial charge in [-0.25, -0.2) is 0 Å². The summed E-state index contributed by atoms with van der Waals surface area (Å²) in [5.74, 6) is 2.11. The van der Waals surface area contributed by atoms with E-state index in [2.05, 4.69) is 12.1 Å². The average Bonchev–Trinajstić information content (AvgIpc) is 3.24. The summed E-state index contributed by atoms with van der Waals surface area (Å²) in [4.78, 5) is 14.8. The van der Waals surface area contributed by atoms with E-state index in [1.807, 2.05) is 43.0 Å². The Balaban J connectivity index is 1.52. The predicted molar refractivity (Wildman–Crippen MR) is 91.7 cm³/mol. The van der Waals surface area contributed by atoms with Gasteiger partial charge in [0.15, 0.2) is 11.5 Å². The van der Waals surface area contributed by atoms with Gasteiger partial charge < -0.3 is 14.4 Å². The Morgan fingerprint density at radius 3 is 2.79 bits per heavy atom. The Hall–Kier alpha value is -2.49. The lowest BCUT2D eigenvalue weighted by Gasteiger charge is -2.18. The summed E-state index contributed by atoms with van der Waals surface area (Å²) in [6.45, 7) is 5.87. The fourth-order valence-electron chi connectivity index (χ4n) is 3.52. The fourth-order valence-corrected chi connectivity index (χ4v) is 3.52. The first-order valence-corrected chi connectivity index (χ1v) is 8.38. The first-order valence-electron chi connectivity index (χ1n) is 8.38. The normalized spacial score (nSPS) is 18.9. The number of carbonyl (C=O) groups is 1. The molecule has 0 aromatic heterocycles. The van der Waals surface area contributed by atoms with E-state index < -0.39 is 0 Å². The van der Waals surface area contributed by atoms with Gasteiger partial charge in [0, 0.05) is 24.6 Å². The van der Waals surface area contributed by atoms with E-state index in [0.29, 0.717) is 12.7 Å². The number of hydrogen-bond acceptors (Lipinski definition) is 3. The molecule has 4 nitrogen and oxygen atoms in total. The molecule has 0 saturated carbocycles. The van der Waals surface area contributed by atoms with Crippen LogP contribution in [0, 0.1) is 13.8 Å². The molecule has 2 aliphatic rings. The summed E-state index contributed by atoms with van der Waals surface area (Å²) in [6.07, 6.45) is 0.982. The molecule has 0 radical (unpaired) electrons. The molecular weight excluding hydrogens is 302 g/mol. The zero-order valence-corrected chi connectivity index (χ0v) is 14.0. The van der Waals surface area contributed by atoms with Crippen molar-refractivity contribution in [1.82, 2.24) is 4.90 Å². The van der Waals surface area contributed by atoms with Crippen LogP contribution in [0.25, 0.3) is 0 Å². The predicted octanol–water partition coefficient (Wildman–Crippen LogP) is 3.66. The average molecular weight is 323 g/mol. The van der Waals surface area contributed by atoms with E-state index in [4.69, 9.17) is 9.47 Å². The highest BCUT2D eigenvalue weighted by atomic mass is 16.7. The van der Waals surface area contributed by atoms with Gasteiger partial charge in [-0.05, 0) is 49.6 Å². The molecule has 0 N–H and O–H groups in total. The van der Waals surface area contributed by atoms with Crippen LogP contribution < -0.4 is 9.47 Å². The van der Waals surface area contributed by atoms with Crippen LogP contribution in [0.3, 0.4) is 0 Å². The van der Waals surface area contributed by atoms with Crippen LogP contribution in [-0.2, 0) is 0 Å². The SMILES string of the molecule is Cc1ccc(C)c(C(=O)N2CC[C@H](c3ccc4c(c3)OCO4)C2)c1. The molecule has 0 spiro atoms. The third-order valence-electron chi connectivity index (χ3n) is 4.97. The van der Waals surface area contributed by atoms with E-state index in [0.717, 1.165) is 47.7 Å². The maximum atomic E-state index is 12.9. The molecule has 1 atom stereocenters. The van der Waals surface area contributed by atoms with E-state index >= 15 is 0 Å². The zero-order chi connectivity index (χ0) is 16.7. The number of ether oxygens (including phenoxy) is 2. The molecular formula is C20H21NO3. The van der Waals surface area contributed by atoms with Gasteiger partial charge >= 0.3 is 0 Å². The van der Waals surface area contributed by atoms with Crippen LogP contribution in [-0.4, -0.2) is 30.7 Å². The maximum Gasteiger partial charge on any atom is 0.254 e. The van der Waals surface area contributed by atoms with E-state index in [-0.39, 0.29) is 5.91 Å². The number of hydrogen-bond donors (Lipinski definition) is 0. The summed E-state index contributed by atoms with van der Waals surface area (Å²) >= 11 is 0. The molecule has 1 saturated heterocycles. The molecule has 1 fully saturated rings. The quantitative estimate of drug-likeness (QED) is 0.846. The molecule has 4 heteroatoms. The van der Waals surface area contributed by atoms with Crippen molar-refractivity contribution in [2.75, 3.05) is 19.9 Å². The molecule has 24 heavy (non-hydrogen) atoms. The van der Waals surface area contributed by atoms with Gasteiger partial charge in [-0.2, -0.15) is 0 Å². The Kier molecular flexibility index (Phi) is 3.68. The lowest BCUT2D eigenvalue weighted by molar-refractivity contribution is 0.0790. The zero-order valence-electron chi connectivity index (χ0n) is 14.0. The number of benzene rings is 2. The fraction of sp³-hybridized carbons (Fsp3) is 0.350. The highest BCUT2D eigenvalue weighted by Crippen LogP contribution is 2.37. The Morgan fingerprint density at radius 2 is 1.92 bits per heavy atom. The molecule has 2 aliphatic heterocycles. The van der Waals surface area contributed by atoms with Gasteiger partial charge in [0.05, 0.1) is 0 Å². The highest BCUT2D eigenvalue weighted by Gasteiger charge is 2.29. The number of nitrogens with zero attached hydrogens (tertiary/aromatic N) is 1. The largest absolute Gasteiger partial charge is 0.454 e. The first kappa shape index (κ1) is 15.1. The number of aryl methyl sites for hydroxylation is 2. The molecule has 2 aromatic carbocycles. The summed E-state index contributed by atoms with van der Waals surface area (Å²) in [6, 6.07) is 12.2. The minimum Gasteiger partial charge on any atom is -0.454 e. The van der Waals surface area contributed by atoms with Gasteiger partial charge in [0.2, 0.25) is 6.79 Å². The standard InChI is InChI=1S/C20H21NO3/c1-13-3-4-14(2)17(9-13)20(22)21-8-7-16(11-21)15-5-6-18-19(10-15)24-12-23-18/h3-6,9-10,16H,7-8,11-12H2,1-2H3/t16-/m0/s1. The summed E-state index contributed by atoms with van der Waals surface area (Å²) in [5.41, 5.74) is 4.20. The Bertz CT molecular complexity index is 799. The monoisotopic (exact) mass is 323 g/mol. The molecule has 0 unspecified atom stereocenters. The first-order chi connectivity index (χ1) is 11.6. The molecule has 124 valence electrons. The summed E-state index contributed by atoms with van der Waals surface area (Å²) in [7, 11) is 0. The number of carbonyl (C=O) groups excluding carboxylic acids is 1. The number of amides is 1. The lowest BCUT2D eigenvalue weighted by atomic mass is 9.98. The van der Waals surface area contributed by atoms with Crippen LogP contribution in [0.15, 0.2) is 36.4 Å².